The van der Waals surface area contributed by atoms with Crippen LogP contribution in [-0.4, -0.2) is 4.98 Å². The van der Waals surface area contributed by atoms with Crippen molar-refractivity contribution in [1.29, 1.82) is 0 Å². The molecule has 96 valence electrons. The Morgan fingerprint density at radius 2 is 1.89 bits per heavy atom. The first-order chi connectivity index (χ1) is 8.45. The molecule has 2 aromatic rings. The van der Waals surface area contributed by atoms with Crippen molar-refractivity contribution in [3.63, 3.8) is 0 Å². The average molecular weight is 261 g/mol. The van der Waals surface area contributed by atoms with Crippen molar-refractivity contribution in [2.75, 3.05) is 11.1 Å². The Morgan fingerprint density at radius 1 is 1.22 bits per heavy atom. The largest absolute Gasteiger partial charge is 0.379 e. The van der Waals surface area contributed by atoms with Gasteiger partial charge in [-0.15, -0.1) is 11.3 Å². The molecule has 1 aromatic heterocycles. The summed E-state index contributed by atoms with van der Waals surface area (Å²) < 4.78 is 0. The number of anilines is 2. The van der Waals surface area contributed by atoms with E-state index < -0.39 is 0 Å². The zero-order valence-corrected chi connectivity index (χ0v) is 11.8. The van der Waals surface area contributed by atoms with Crippen LogP contribution in [-0.2, 0) is 12.0 Å². The zero-order chi connectivity index (χ0) is 13.2. The van der Waals surface area contributed by atoms with Crippen LogP contribution >= 0.6 is 11.3 Å². The molecule has 0 aliphatic carbocycles. The lowest BCUT2D eigenvalue weighted by molar-refractivity contribution is 0.590. The smallest absolute Gasteiger partial charge is 0.180 e. The van der Waals surface area contributed by atoms with Crippen LogP contribution in [0.5, 0.6) is 0 Å². The van der Waals surface area contributed by atoms with E-state index in [-0.39, 0.29) is 5.41 Å². The van der Waals surface area contributed by atoms with Crippen molar-refractivity contribution in [2.45, 2.75) is 32.7 Å². The van der Waals surface area contributed by atoms with Crippen LogP contribution in [0.3, 0.4) is 0 Å². The highest BCUT2D eigenvalue weighted by molar-refractivity contribution is 7.13. The molecule has 4 heteroatoms. The Balaban J connectivity index is 1.98. The zero-order valence-electron chi connectivity index (χ0n) is 11.0. The molecule has 0 atom stereocenters. The van der Waals surface area contributed by atoms with Gasteiger partial charge in [0, 0.05) is 11.1 Å². The van der Waals surface area contributed by atoms with E-state index >= 15 is 0 Å². The molecule has 0 spiro atoms. The van der Waals surface area contributed by atoms with Crippen LogP contribution in [0.1, 0.15) is 32.0 Å². The summed E-state index contributed by atoms with van der Waals surface area (Å²) in [5.41, 5.74) is 9.22. The van der Waals surface area contributed by atoms with Gasteiger partial charge in [0.1, 0.15) is 0 Å². The fraction of sp³-hybridized carbons (Fsp3) is 0.357. The monoisotopic (exact) mass is 261 g/mol. The third kappa shape index (κ3) is 3.23. The third-order valence-corrected chi connectivity index (χ3v) is 3.52. The molecule has 3 nitrogen and oxygen atoms in total. The second kappa shape index (κ2) is 4.98. The molecular weight excluding hydrogens is 242 g/mol. The fourth-order valence-corrected chi connectivity index (χ4v) is 2.25. The summed E-state index contributed by atoms with van der Waals surface area (Å²) in [5, 5.41) is 5.94. The van der Waals surface area contributed by atoms with Gasteiger partial charge in [0.25, 0.3) is 0 Å². The maximum atomic E-state index is 5.59. The average Bonchev–Trinajstić information content (AvgIpc) is 2.72. The summed E-state index contributed by atoms with van der Waals surface area (Å²) in [6, 6.07) is 8.54. The van der Waals surface area contributed by atoms with Crippen LogP contribution in [0, 0.1) is 0 Å². The molecule has 2 rings (SSSR count). The lowest BCUT2D eigenvalue weighted by Crippen LogP contribution is -2.10. The van der Waals surface area contributed by atoms with Gasteiger partial charge in [-0.25, -0.2) is 4.98 Å². The lowest BCUT2D eigenvalue weighted by Gasteiger charge is -2.19. The topological polar surface area (TPSA) is 50.9 Å². The molecule has 0 bridgehead atoms. The molecular formula is C14H19N3S. The highest BCUT2D eigenvalue weighted by Crippen LogP contribution is 2.23. The molecule has 0 saturated heterocycles. The second-order valence-corrected chi connectivity index (χ2v) is 6.25. The fourth-order valence-electron chi connectivity index (χ4n) is 1.68. The van der Waals surface area contributed by atoms with Crippen molar-refractivity contribution < 1.29 is 0 Å². The van der Waals surface area contributed by atoms with Gasteiger partial charge in [0.15, 0.2) is 5.13 Å². The van der Waals surface area contributed by atoms with Crippen molar-refractivity contribution in [3.8, 4) is 0 Å². The lowest BCUT2D eigenvalue weighted by atomic mass is 9.87. The molecule has 0 saturated carbocycles. The number of nitrogen functional groups attached to an aromatic ring is 1. The van der Waals surface area contributed by atoms with Crippen LogP contribution < -0.4 is 11.1 Å². The quantitative estimate of drug-likeness (QED) is 0.887. The third-order valence-electron chi connectivity index (χ3n) is 2.79. The predicted octanol–water partition coefficient (Wildman–Crippen LogP) is 3.63. The van der Waals surface area contributed by atoms with Gasteiger partial charge in [0.2, 0.25) is 0 Å². The SMILES string of the molecule is CC(C)(C)c1ccc(NCc2csc(N)n2)cc1. The minimum absolute atomic E-state index is 0.196. The van der Waals surface area contributed by atoms with E-state index in [9.17, 15) is 0 Å². The van der Waals surface area contributed by atoms with Crippen LogP contribution in [0.4, 0.5) is 10.8 Å². The number of thiazole rings is 1. The van der Waals surface area contributed by atoms with E-state index in [0.29, 0.717) is 11.7 Å². The van der Waals surface area contributed by atoms with Crippen molar-refractivity contribution in [1.82, 2.24) is 4.98 Å². The number of nitrogens with zero attached hydrogens (tertiary/aromatic N) is 1. The molecule has 0 unspecified atom stereocenters. The van der Waals surface area contributed by atoms with Crippen LogP contribution in [0.15, 0.2) is 29.6 Å². The second-order valence-electron chi connectivity index (χ2n) is 5.36. The number of rotatable bonds is 3. The van der Waals surface area contributed by atoms with Gasteiger partial charge in [-0.3, -0.25) is 0 Å². The molecule has 0 radical (unpaired) electrons. The minimum atomic E-state index is 0.196. The summed E-state index contributed by atoms with van der Waals surface area (Å²) in [4.78, 5) is 4.22. The normalized spacial score (nSPS) is 11.5. The van der Waals surface area contributed by atoms with Gasteiger partial charge in [-0.05, 0) is 23.1 Å². The van der Waals surface area contributed by atoms with Gasteiger partial charge in [0.05, 0.1) is 12.2 Å². The molecule has 0 amide bonds. The summed E-state index contributed by atoms with van der Waals surface area (Å²) in [6.45, 7) is 7.36. The predicted molar refractivity (Wildman–Crippen MR) is 79.0 cm³/mol. The Morgan fingerprint density at radius 3 is 2.39 bits per heavy atom. The van der Waals surface area contributed by atoms with E-state index in [1.807, 2.05) is 5.38 Å². The van der Waals surface area contributed by atoms with Crippen LogP contribution in [0.25, 0.3) is 0 Å². The van der Waals surface area contributed by atoms with Gasteiger partial charge >= 0.3 is 0 Å². The number of aromatic nitrogens is 1. The van der Waals surface area contributed by atoms with Crippen molar-refractivity contribution >= 4 is 22.2 Å². The molecule has 0 aliphatic heterocycles. The van der Waals surface area contributed by atoms with Gasteiger partial charge in [-0.1, -0.05) is 32.9 Å². The molecule has 1 heterocycles. The van der Waals surface area contributed by atoms with E-state index in [2.05, 4.69) is 55.3 Å². The molecule has 1 aromatic carbocycles. The number of nitrogens with two attached hydrogens (primary N) is 1. The van der Waals surface area contributed by atoms with Crippen molar-refractivity contribution in [2.24, 2.45) is 0 Å². The summed E-state index contributed by atoms with van der Waals surface area (Å²) in [6.07, 6.45) is 0. The minimum Gasteiger partial charge on any atom is -0.379 e. The molecule has 0 aliphatic rings. The standard InChI is InChI=1S/C14H19N3S/c1-14(2,3)10-4-6-11(7-5-10)16-8-12-9-18-13(15)17-12/h4-7,9,16H,8H2,1-3H3,(H2,15,17). The Labute approximate surface area is 112 Å². The van der Waals surface area contributed by atoms with Gasteiger partial charge < -0.3 is 11.1 Å². The summed E-state index contributed by atoms with van der Waals surface area (Å²) in [5.74, 6) is 0. The molecule has 0 fully saturated rings. The number of nitrogens with one attached hydrogen (secondary N) is 1. The molecule has 18 heavy (non-hydrogen) atoms. The Bertz CT molecular complexity index is 509. The van der Waals surface area contributed by atoms with E-state index in [1.165, 1.54) is 16.9 Å². The highest BCUT2D eigenvalue weighted by atomic mass is 32.1. The van der Waals surface area contributed by atoms with Crippen LogP contribution in [0.2, 0.25) is 0 Å². The first kappa shape index (κ1) is 12.9. The first-order valence-corrected chi connectivity index (χ1v) is 6.87. The number of hydrogen-bond donors (Lipinski definition) is 2. The highest BCUT2D eigenvalue weighted by Gasteiger charge is 2.12. The summed E-state index contributed by atoms with van der Waals surface area (Å²) in [7, 11) is 0. The molecule has 3 N–H and O–H groups in total. The number of hydrogen-bond acceptors (Lipinski definition) is 4. The van der Waals surface area contributed by atoms with E-state index in [4.69, 9.17) is 5.73 Å². The Kier molecular flexibility index (Phi) is 3.57. The summed E-state index contributed by atoms with van der Waals surface area (Å²) >= 11 is 1.47. The maximum absolute atomic E-state index is 5.59. The van der Waals surface area contributed by atoms with E-state index in [1.54, 1.807) is 0 Å². The number of benzene rings is 1. The first-order valence-electron chi connectivity index (χ1n) is 5.99. The van der Waals surface area contributed by atoms with Crippen molar-refractivity contribution in [3.05, 3.63) is 40.9 Å². The Hall–Kier alpha value is -1.55. The maximum Gasteiger partial charge on any atom is 0.180 e. The van der Waals surface area contributed by atoms with E-state index in [0.717, 1.165) is 11.4 Å². The van der Waals surface area contributed by atoms with Gasteiger partial charge in [-0.2, -0.15) is 0 Å².